The number of nitrogens with two attached hydrogens (primary N) is 1. The Morgan fingerprint density at radius 2 is 1.80 bits per heavy atom. The molecule has 0 bridgehead atoms. The zero-order chi connectivity index (χ0) is 15.7. The van der Waals surface area contributed by atoms with Crippen LogP contribution in [-0.4, -0.2) is 25.8 Å². The number of hydrogen-bond acceptors (Lipinski definition) is 3. The Bertz CT molecular complexity index is 568. The van der Waals surface area contributed by atoms with Gasteiger partial charge in [-0.15, -0.1) is 0 Å². The van der Waals surface area contributed by atoms with Crippen LogP contribution in [0.15, 0.2) is 11.0 Å². The van der Waals surface area contributed by atoms with Crippen LogP contribution in [0.4, 0.5) is 5.69 Å². The molecule has 0 fully saturated rings. The Morgan fingerprint density at radius 1 is 1.25 bits per heavy atom. The molecular weight excluding hydrogens is 272 g/mol. The molecule has 0 saturated carbocycles. The quantitative estimate of drug-likeness (QED) is 0.850. The SMILES string of the molecule is CCCC(C)N(C)S(=O)(=O)c1c(C)c(C)cc(N)c1C. The molecule has 0 aromatic heterocycles. The number of nitrogens with zero attached hydrogens (tertiary/aromatic N) is 1. The molecule has 0 heterocycles. The fourth-order valence-corrected chi connectivity index (χ4v) is 4.33. The molecule has 0 aliphatic rings. The van der Waals surface area contributed by atoms with Crippen molar-refractivity contribution in [3.05, 3.63) is 22.8 Å². The predicted octanol–water partition coefficient (Wildman–Crippen LogP) is 3.00. The maximum atomic E-state index is 12.9. The van der Waals surface area contributed by atoms with Gasteiger partial charge in [0.05, 0.1) is 4.90 Å². The average Bonchev–Trinajstić information content (AvgIpc) is 2.35. The summed E-state index contributed by atoms with van der Waals surface area (Å²) in [6.45, 7) is 9.49. The highest BCUT2D eigenvalue weighted by molar-refractivity contribution is 7.89. The third kappa shape index (κ3) is 2.99. The fourth-order valence-electron chi connectivity index (χ4n) is 2.41. The van der Waals surface area contributed by atoms with Gasteiger partial charge in [-0.2, -0.15) is 4.31 Å². The van der Waals surface area contributed by atoms with Gasteiger partial charge in [-0.05, 0) is 56.9 Å². The van der Waals surface area contributed by atoms with Gasteiger partial charge in [-0.3, -0.25) is 0 Å². The van der Waals surface area contributed by atoms with E-state index in [0.717, 1.165) is 24.0 Å². The van der Waals surface area contributed by atoms with E-state index >= 15 is 0 Å². The summed E-state index contributed by atoms with van der Waals surface area (Å²) in [5, 5.41) is 0. The summed E-state index contributed by atoms with van der Waals surface area (Å²) >= 11 is 0. The minimum absolute atomic E-state index is 0.0227. The predicted molar refractivity (Wildman–Crippen MR) is 84.4 cm³/mol. The van der Waals surface area contributed by atoms with Crippen molar-refractivity contribution in [1.82, 2.24) is 4.31 Å². The van der Waals surface area contributed by atoms with Crippen LogP contribution in [0.1, 0.15) is 43.4 Å². The Kier molecular flexibility index (Phi) is 5.21. The van der Waals surface area contributed by atoms with Gasteiger partial charge >= 0.3 is 0 Å². The Labute approximate surface area is 123 Å². The molecule has 114 valence electrons. The van der Waals surface area contributed by atoms with Crippen molar-refractivity contribution in [1.29, 1.82) is 0 Å². The molecule has 0 radical (unpaired) electrons. The molecule has 0 saturated heterocycles. The zero-order valence-electron chi connectivity index (χ0n) is 13.3. The van der Waals surface area contributed by atoms with E-state index in [9.17, 15) is 8.42 Å². The normalized spacial score (nSPS) is 13.8. The molecule has 20 heavy (non-hydrogen) atoms. The first-order valence-corrected chi connectivity index (χ1v) is 8.42. The van der Waals surface area contributed by atoms with Crippen molar-refractivity contribution in [3.63, 3.8) is 0 Å². The first-order chi connectivity index (χ1) is 9.14. The summed E-state index contributed by atoms with van der Waals surface area (Å²) in [5.41, 5.74) is 8.80. The van der Waals surface area contributed by atoms with Gasteiger partial charge in [-0.25, -0.2) is 8.42 Å². The second-order valence-electron chi connectivity index (χ2n) is 5.52. The second-order valence-corrected chi connectivity index (χ2v) is 7.46. The number of hydrogen-bond donors (Lipinski definition) is 1. The van der Waals surface area contributed by atoms with Crippen molar-refractivity contribution in [2.75, 3.05) is 12.8 Å². The van der Waals surface area contributed by atoms with Gasteiger partial charge in [0.25, 0.3) is 0 Å². The maximum absolute atomic E-state index is 12.9. The molecule has 1 rings (SSSR count). The third-order valence-electron chi connectivity index (χ3n) is 4.04. The van der Waals surface area contributed by atoms with Gasteiger partial charge in [0.15, 0.2) is 0 Å². The van der Waals surface area contributed by atoms with E-state index in [1.165, 1.54) is 4.31 Å². The van der Waals surface area contributed by atoms with Crippen molar-refractivity contribution >= 4 is 15.7 Å². The highest BCUT2D eigenvalue weighted by Crippen LogP contribution is 2.30. The van der Waals surface area contributed by atoms with E-state index in [0.29, 0.717) is 16.1 Å². The molecule has 0 spiro atoms. The molecular formula is C15H26N2O2S. The van der Waals surface area contributed by atoms with Gasteiger partial charge < -0.3 is 5.73 Å². The molecule has 0 amide bonds. The topological polar surface area (TPSA) is 63.4 Å². The number of sulfonamides is 1. The first-order valence-electron chi connectivity index (χ1n) is 6.98. The van der Waals surface area contributed by atoms with Crippen molar-refractivity contribution in [2.45, 2.75) is 58.4 Å². The molecule has 0 aliphatic heterocycles. The minimum Gasteiger partial charge on any atom is -0.398 e. The summed E-state index contributed by atoms with van der Waals surface area (Å²) < 4.78 is 27.2. The molecule has 4 nitrogen and oxygen atoms in total. The van der Waals surface area contributed by atoms with Crippen LogP contribution in [0.3, 0.4) is 0 Å². The largest absolute Gasteiger partial charge is 0.398 e. The van der Waals surface area contributed by atoms with Crippen LogP contribution < -0.4 is 5.73 Å². The lowest BCUT2D eigenvalue weighted by atomic mass is 10.1. The van der Waals surface area contributed by atoms with E-state index in [2.05, 4.69) is 6.92 Å². The van der Waals surface area contributed by atoms with E-state index in [1.54, 1.807) is 14.0 Å². The number of anilines is 1. The summed E-state index contributed by atoms with van der Waals surface area (Å²) in [7, 11) is -1.87. The van der Waals surface area contributed by atoms with Crippen LogP contribution in [0, 0.1) is 20.8 Å². The molecule has 5 heteroatoms. The lowest BCUT2D eigenvalue weighted by Crippen LogP contribution is -2.36. The Balaban J connectivity index is 3.43. The summed E-state index contributed by atoms with van der Waals surface area (Å²) in [6.07, 6.45) is 1.80. The Morgan fingerprint density at radius 3 is 2.30 bits per heavy atom. The van der Waals surface area contributed by atoms with Gasteiger partial charge in [0.1, 0.15) is 0 Å². The summed E-state index contributed by atoms with van der Waals surface area (Å²) in [6, 6.07) is 1.81. The van der Waals surface area contributed by atoms with Crippen LogP contribution in [0.5, 0.6) is 0 Å². The van der Waals surface area contributed by atoms with Crippen molar-refractivity contribution in [2.24, 2.45) is 0 Å². The smallest absolute Gasteiger partial charge is 0.243 e. The van der Waals surface area contributed by atoms with Crippen molar-refractivity contribution in [3.8, 4) is 0 Å². The second kappa shape index (κ2) is 6.14. The van der Waals surface area contributed by atoms with Gasteiger partial charge in [0, 0.05) is 18.8 Å². The van der Waals surface area contributed by atoms with E-state index < -0.39 is 10.0 Å². The first kappa shape index (κ1) is 17.0. The number of benzene rings is 1. The van der Waals surface area contributed by atoms with E-state index in [4.69, 9.17) is 5.73 Å². The molecule has 0 aliphatic carbocycles. The van der Waals surface area contributed by atoms with Crippen LogP contribution in [0.2, 0.25) is 0 Å². The summed E-state index contributed by atoms with van der Waals surface area (Å²) in [4.78, 5) is 0.362. The molecule has 2 N–H and O–H groups in total. The summed E-state index contributed by atoms with van der Waals surface area (Å²) in [5.74, 6) is 0. The third-order valence-corrected chi connectivity index (χ3v) is 6.29. The van der Waals surface area contributed by atoms with E-state index in [1.807, 2.05) is 26.8 Å². The van der Waals surface area contributed by atoms with E-state index in [-0.39, 0.29) is 6.04 Å². The molecule has 1 aromatic rings. The van der Waals surface area contributed by atoms with Gasteiger partial charge in [-0.1, -0.05) is 13.3 Å². The monoisotopic (exact) mass is 298 g/mol. The minimum atomic E-state index is -3.51. The molecule has 1 unspecified atom stereocenters. The lowest BCUT2D eigenvalue weighted by Gasteiger charge is -2.26. The molecule has 1 atom stereocenters. The standard InChI is InChI=1S/C15H26N2O2S/c1-7-8-11(3)17(6)20(18,19)15-12(4)10(2)9-14(16)13(15)5/h9,11H,7-8,16H2,1-6H3. The number of rotatable bonds is 5. The van der Waals surface area contributed by atoms with Crippen LogP contribution >= 0.6 is 0 Å². The molecule has 1 aromatic carbocycles. The highest BCUT2D eigenvalue weighted by Gasteiger charge is 2.29. The van der Waals surface area contributed by atoms with Gasteiger partial charge in [0.2, 0.25) is 10.0 Å². The average molecular weight is 298 g/mol. The zero-order valence-corrected chi connectivity index (χ0v) is 14.1. The van der Waals surface area contributed by atoms with Crippen LogP contribution in [0.25, 0.3) is 0 Å². The Hall–Kier alpha value is -1.07. The maximum Gasteiger partial charge on any atom is 0.243 e. The van der Waals surface area contributed by atoms with Crippen LogP contribution in [-0.2, 0) is 10.0 Å². The number of aryl methyl sites for hydroxylation is 1. The number of nitrogen functional groups attached to an aromatic ring is 1. The fraction of sp³-hybridized carbons (Fsp3) is 0.600. The van der Waals surface area contributed by atoms with Crippen molar-refractivity contribution < 1.29 is 8.42 Å². The lowest BCUT2D eigenvalue weighted by molar-refractivity contribution is 0.368. The highest BCUT2D eigenvalue weighted by atomic mass is 32.2.